The zero-order valence-corrected chi connectivity index (χ0v) is 10.7. The molecule has 14 heavy (non-hydrogen) atoms. The fourth-order valence-corrected chi connectivity index (χ4v) is 1.82. The minimum absolute atomic E-state index is 0.124. The predicted molar refractivity (Wildman–Crippen MR) is 65.9 cm³/mol. The molecule has 0 aromatic carbocycles. The summed E-state index contributed by atoms with van der Waals surface area (Å²) in [5, 5.41) is 9.54. The van der Waals surface area contributed by atoms with Crippen LogP contribution in [0.2, 0.25) is 0 Å². The van der Waals surface area contributed by atoms with Crippen LogP contribution in [0, 0.1) is 3.57 Å². The lowest BCUT2D eigenvalue weighted by Crippen LogP contribution is -2.06. The Kier molecular flexibility index (Phi) is 3.65. The van der Waals surface area contributed by atoms with Crippen molar-refractivity contribution in [3.8, 4) is 5.75 Å². The molecule has 0 spiro atoms. The zero-order chi connectivity index (χ0) is 10.9. The second-order valence-corrected chi connectivity index (χ2v) is 4.23. The Morgan fingerprint density at radius 1 is 1.64 bits per heavy atom. The molecule has 0 fully saturated rings. The van der Waals surface area contributed by atoms with E-state index < -0.39 is 5.63 Å². The van der Waals surface area contributed by atoms with Crippen molar-refractivity contribution in [3.05, 3.63) is 25.8 Å². The highest BCUT2D eigenvalue weighted by molar-refractivity contribution is 14.1. The highest BCUT2D eigenvalue weighted by atomic mass is 127. The first-order chi connectivity index (χ1) is 6.49. The Morgan fingerprint density at radius 2 is 2.21 bits per heavy atom. The first-order valence-electron chi connectivity index (χ1n) is 3.86. The summed E-state index contributed by atoms with van der Waals surface area (Å²) in [5.74, 6) is 0.195. The summed E-state index contributed by atoms with van der Waals surface area (Å²) in [4.78, 5) is 11.5. The molecule has 0 unspecified atom stereocenters. The fraction of sp³-hybridized carbons (Fsp3) is 0.222. The van der Waals surface area contributed by atoms with E-state index in [1.165, 1.54) is 0 Å². The van der Waals surface area contributed by atoms with Crippen LogP contribution in [0.25, 0.3) is 5.57 Å². The molecule has 0 aliphatic heterocycles. The van der Waals surface area contributed by atoms with Crippen molar-refractivity contribution in [2.24, 2.45) is 0 Å². The third-order valence-electron chi connectivity index (χ3n) is 1.81. The first-order valence-corrected chi connectivity index (χ1v) is 5.39. The lowest BCUT2D eigenvalue weighted by molar-refractivity contribution is 0.415. The third-order valence-corrected chi connectivity index (χ3v) is 3.18. The van der Waals surface area contributed by atoms with Crippen LogP contribution in [0.15, 0.2) is 20.2 Å². The van der Waals surface area contributed by atoms with Gasteiger partial charge in [0.05, 0.1) is 4.90 Å². The molecule has 5 heteroatoms. The van der Waals surface area contributed by atoms with E-state index in [4.69, 9.17) is 4.42 Å². The molecular formula is C9H9IO3S. The minimum atomic E-state index is -0.544. The number of hydrogen-bond donors (Lipinski definition) is 2. The monoisotopic (exact) mass is 324 g/mol. The number of halogens is 1. The largest absolute Gasteiger partial charge is 0.505 e. The molecule has 1 heterocycles. The summed E-state index contributed by atoms with van der Waals surface area (Å²) in [5.41, 5.74) is 0.218. The molecule has 1 aromatic rings. The second-order valence-electron chi connectivity index (χ2n) is 2.70. The number of hydrogen-bond acceptors (Lipinski definition) is 4. The molecule has 0 bridgehead atoms. The summed E-state index contributed by atoms with van der Waals surface area (Å²) >= 11 is 5.82. The van der Waals surface area contributed by atoms with E-state index in [0.29, 0.717) is 10.7 Å². The minimum Gasteiger partial charge on any atom is -0.505 e. The van der Waals surface area contributed by atoms with E-state index in [1.807, 2.05) is 6.92 Å². The maximum Gasteiger partial charge on any atom is 0.353 e. The van der Waals surface area contributed by atoms with Crippen LogP contribution in [0.5, 0.6) is 5.75 Å². The van der Waals surface area contributed by atoms with E-state index in [0.717, 1.165) is 5.57 Å². The topological polar surface area (TPSA) is 50.4 Å². The van der Waals surface area contributed by atoms with E-state index in [9.17, 15) is 9.90 Å². The maximum atomic E-state index is 11.2. The quantitative estimate of drug-likeness (QED) is 0.617. The second kappa shape index (κ2) is 4.39. The molecule has 1 rings (SSSR count). The van der Waals surface area contributed by atoms with Gasteiger partial charge in [-0.1, -0.05) is 6.08 Å². The van der Waals surface area contributed by atoms with E-state index in [-0.39, 0.29) is 9.32 Å². The highest BCUT2D eigenvalue weighted by Gasteiger charge is 2.15. The lowest BCUT2D eigenvalue weighted by Gasteiger charge is -2.05. The highest BCUT2D eigenvalue weighted by Crippen LogP contribution is 2.31. The van der Waals surface area contributed by atoms with Crippen molar-refractivity contribution in [2.75, 3.05) is 0 Å². The van der Waals surface area contributed by atoms with Crippen LogP contribution >= 0.6 is 35.2 Å². The van der Waals surface area contributed by atoms with Crippen molar-refractivity contribution < 1.29 is 9.52 Å². The summed E-state index contributed by atoms with van der Waals surface area (Å²) in [7, 11) is 0. The van der Waals surface area contributed by atoms with Gasteiger partial charge in [-0.3, -0.25) is 0 Å². The number of aromatic hydroxyl groups is 1. The zero-order valence-electron chi connectivity index (χ0n) is 7.67. The van der Waals surface area contributed by atoms with Crippen LogP contribution in [-0.2, 0) is 0 Å². The van der Waals surface area contributed by atoms with E-state index in [2.05, 4.69) is 12.6 Å². The Labute approximate surface area is 100 Å². The van der Waals surface area contributed by atoms with Crippen LogP contribution in [0.4, 0.5) is 0 Å². The van der Waals surface area contributed by atoms with Gasteiger partial charge in [-0.25, -0.2) is 4.79 Å². The first kappa shape index (κ1) is 11.6. The number of thiol groups is 1. The fourth-order valence-electron chi connectivity index (χ4n) is 0.892. The van der Waals surface area contributed by atoms with Gasteiger partial charge in [-0.15, -0.1) is 12.6 Å². The van der Waals surface area contributed by atoms with Crippen molar-refractivity contribution in [1.29, 1.82) is 0 Å². The van der Waals surface area contributed by atoms with E-state index in [1.54, 1.807) is 35.6 Å². The van der Waals surface area contributed by atoms with Gasteiger partial charge in [0.15, 0.2) is 11.5 Å². The molecule has 1 aromatic heterocycles. The van der Waals surface area contributed by atoms with Gasteiger partial charge < -0.3 is 9.52 Å². The summed E-state index contributed by atoms with van der Waals surface area (Å²) < 4.78 is 5.16. The summed E-state index contributed by atoms with van der Waals surface area (Å²) in [6.45, 7) is 3.60. The van der Waals surface area contributed by atoms with Crippen molar-refractivity contribution in [1.82, 2.24) is 0 Å². The van der Waals surface area contributed by atoms with Gasteiger partial charge in [0.2, 0.25) is 0 Å². The summed E-state index contributed by atoms with van der Waals surface area (Å²) in [6, 6.07) is 0. The van der Waals surface area contributed by atoms with Gasteiger partial charge >= 0.3 is 5.63 Å². The molecule has 1 N–H and O–H groups in total. The lowest BCUT2D eigenvalue weighted by atomic mass is 10.2. The maximum absolute atomic E-state index is 11.2. The van der Waals surface area contributed by atoms with Crippen LogP contribution in [-0.4, -0.2) is 5.11 Å². The third kappa shape index (κ3) is 1.98. The molecule has 0 aliphatic rings. The number of rotatable bonds is 1. The standard InChI is InChI=1S/C9H9IO3S/c1-3-4(2)7-8(14)6(11)5(10)9(12)13-7/h3,11,14H,1-2H3/b4-3+. The van der Waals surface area contributed by atoms with Crippen LogP contribution in [0.1, 0.15) is 19.6 Å². The van der Waals surface area contributed by atoms with E-state index >= 15 is 0 Å². The molecular weight excluding hydrogens is 315 g/mol. The van der Waals surface area contributed by atoms with Gasteiger partial charge in [-0.2, -0.15) is 0 Å². The smallest absolute Gasteiger partial charge is 0.353 e. The van der Waals surface area contributed by atoms with Gasteiger partial charge in [0.25, 0.3) is 0 Å². The molecule has 0 radical (unpaired) electrons. The Bertz CT molecular complexity index is 448. The molecule has 76 valence electrons. The molecule has 0 aliphatic carbocycles. The molecule has 0 atom stereocenters. The van der Waals surface area contributed by atoms with Crippen molar-refractivity contribution in [3.63, 3.8) is 0 Å². The normalized spacial score (nSPS) is 11.9. The molecule has 0 saturated carbocycles. The number of allylic oxidation sites excluding steroid dienone is 2. The molecule has 0 amide bonds. The SMILES string of the molecule is C/C=C(\C)c1oc(=O)c(I)c(O)c1S. The average molecular weight is 324 g/mol. The Hall–Kier alpha value is -0.430. The molecule has 3 nitrogen and oxygen atoms in total. The van der Waals surface area contributed by atoms with Crippen LogP contribution in [0.3, 0.4) is 0 Å². The van der Waals surface area contributed by atoms with Crippen molar-refractivity contribution in [2.45, 2.75) is 18.7 Å². The van der Waals surface area contributed by atoms with Gasteiger partial charge in [0, 0.05) is 0 Å². The Balaban J connectivity index is 3.57. The predicted octanol–water partition coefficient (Wildman–Crippen LogP) is 2.66. The Morgan fingerprint density at radius 3 is 2.71 bits per heavy atom. The van der Waals surface area contributed by atoms with Crippen LogP contribution < -0.4 is 5.63 Å². The summed E-state index contributed by atoms with van der Waals surface area (Å²) in [6.07, 6.45) is 1.78. The van der Waals surface area contributed by atoms with Crippen molar-refractivity contribution >= 4 is 40.8 Å². The van der Waals surface area contributed by atoms with Gasteiger partial charge in [0.1, 0.15) is 3.57 Å². The van der Waals surface area contributed by atoms with Gasteiger partial charge in [-0.05, 0) is 42.0 Å². The molecule has 0 saturated heterocycles. The average Bonchev–Trinajstić information content (AvgIpc) is 2.19.